The first-order valence-electron chi connectivity index (χ1n) is 9.43. The van der Waals surface area contributed by atoms with Crippen molar-refractivity contribution >= 4 is 15.9 Å². The van der Waals surface area contributed by atoms with Gasteiger partial charge in [0.05, 0.1) is 5.75 Å². The Morgan fingerprint density at radius 2 is 1.92 bits per heavy atom. The van der Waals surface area contributed by atoms with Gasteiger partial charge in [-0.1, -0.05) is 38.5 Å². The highest BCUT2D eigenvalue weighted by molar-refractivity contribution is 7.89. The van der Waals surface area contributed by atoms with E-state index < -0.39 is 10.0 Å². The molecule has 1 aliphatic heterocycles. The van der Waals surface area contributed by atoms with Crippen molar-refractivity contribution in [2.24, 2.45) is 0 Å². The van der Waals surface area contributed by atoms with E-state index in [1.165, 1.54) is 0 Å². The van der Waals surface area contributed by atoms with Crippen LogP contribution in [0, 0.1) is 0 Å². The van der Waals surface area contributed by atoms with E-state index in [1.54, 1.807) is 4.90 Å². The number of sulfonamides is 1. The van der Waals surface area contributed by atoms with Crippen LogP contribution in [0.4, 0.5) is 0 Å². The Hall–Kier alpha value is -1.60. The summed E-state index contributed by atoms with van der Waals surface area (Å²) in [4.78, 5) is 14.1. The number of hydrogen-bond acceptors (Lipinski definition) is 4. The van der Waals surface area contributed by atoms with Crippen LogP contribution in [0.3, 0.4) is 0 Å². The van der Waals surface area contributed by atoms with Gasteiger partial charge in [0, 0.05) is 19.1 Å². The normalized spacial score (nSPS) is 15.8. The van der Waals surface area contributed by atoms with Crippen LogP contribution in [0.2, 0.25) is 0 Å². The van der Waals surface area contributed by atoms with Gasteiger partial charge in [-0.25, -0.2) is 13.1 Å². The largest absolute Gasteiger partial charge is 0.483 e. The Balaban J connectivity index is 1.77. The molecule has 1 aliphatic rings. The van der Waals surface area contributed by atoms with Crippen molar-refractivity contribution in [2.75, 3.05) is 25.4 Å². The second kappa shape index (κ2) is 9.92. The summed E-state index contributed by atoms with van der Waals surface area (Å²) in [5, 5.41) is 0. The third-order valence-corrected chi connectivity index (χ3v) is 6.18. The molecule has 1 amide bonds. The minimum absolute atomic E-state index is 0.0178. The molecule has 0 radical (unpaired) electrons. The van der Waals surface area contributed by atoms with Crippen molar-refractivity contribution in [1.29, 1.82) is 0 Å². The molecule has 1 N–H and O–H groups in total. The summed E-state index contributed by atoms with van der Waals surface area (Å²) in [5.74, 6) is 0.873. The Morgan fingerprint density at radius 1 is 1.23 bits per heavy atom. The fourth-order valence-corrected chi connectivity index (χ4v) is 4.59. The molecule has 26 heavy (non-hydrogen) atoms. The maximum absolute atomic E-state index is 12.4. The van der Waals surface area contributed by atoms with Crippen molar-refractivity contribution < 1.29 is 17.9 Å². The molecule has 1 aromatic carbocycles. The Bertz CT molecular complexity index is 683. The van der Waals surface area contributed by atoms with Crippen LogP contribution >= 0.6 is 0 Å². The number of benzene rings is 1. The monoisotopic (exact) mass is 382 g/mol. The molecule has 0 saturated carbocycles. The second-order valence-electron chi connectivity index (χ2n) is 6.70. The molecule has 1 heterocycles. The first-order chi connectivity index (χ1) is 12.4. The van der Waals surface area contributed by atoms with E-state index in [9.17, 15) is 13.2 Å². The molecule has 1 fully saturated rings. The summed E-state index contributed by atoms with van der Waals surface area (Å²) in [6.45, 7) is 5.15. The fraction of sp³-hybridized carbons (Fsp3) is 0.632. The lowest BCUT2D eigenvalue weighted by molar-refractivity contribution is -0.134. The number of aryl methyl sites for hydroxylation is 1. The van der Waals surface area contributed by atoms with E-state index in [0.29, 0.717) is 32.4 Å². The summed E-state index contributed by atoms with van der Waals surface area (Å²) in [6, 6.07) is 7.65. The van der Waals surface area contributed by atoms with E-state index in [4.69, 9.17) is 4.74 Å². The van der Waals surface area contributed by atoms with Crippen LogP contribution in [0.1, 0.15) is 45.1 Å². The van der Waals surface area contributed by atoms with Crippen LogP contribution in [0.5, 0.6) is 5.75 Å². The zero-order chi connectivity index (χ0) is 19.0. The van der Waals surface area contributed by atoms with Crippen LogP contribution in [-0.2, 0) is 21.2 Å². The summed E-state index contributed by atoms with van der Waals surface area (Å²) in [5.41, 5.74) is 1.08. The van der Waals surface area contributed by atoms with Crippen LogP contribution in [-0.4, -0.2) is 50.7 Å². The number of amides is 1. The maximum Gasteiger partial charge on any atom is 0.260 e. The predicted molar refractivity (Wildman–Crippen MR) is 103 cm³/mol. The number of piperidine rings is 1. The van der Waals surface area contributed by atoms with Crippen LogP contribution in [0.25, 0.3) is 0 Å². The number of carbonyl (C=O) groups excluding carboxylic acids is 1. The Kier molecular flexibility index (Phi) is 7.90. The molecule has 0 atom stereocenters. The van der Waals surface area contributed by atoms with Gasteiger partial charge in [-0.3, -0.25) is 4.79 Å². The molecule has 0 bridgehead atoms. The van der Waals surface area contributed by atoms with Gasteiger partial charge in [-0.15, -0.1) is 0 Å². The van der Waals surface area contributed by atoms with Crippen LogP contribution in [0.15, 0.2) is 24.3 Å². The van der Waals surface area contributed by atoms with E-state index >= 15 is 0 Å². The van der Waals surface area contributed by atoms with Gasteiger partial charge < -0.3 is 9.64 Å². The van der Waals surface area contributed by atoms with Crippen molar-refractivity contribution in [2.45, 2.75) is 52.0 Å². The summed E-state index contributed by atoms with van der Waals surface area (Å²) < 4.78 is 32.4. The third-order valence-electron chi connectivity index (χ3n) is 4.67. The smallest absolute Gasteiger partial charge is 0.260 e. The molecule has 0 unspecified atom stereocenters. The predicted octanol–water partition coefficient (Wildman–Crippen LogP) is 2.34. The van der Waals surface area contributed by atoms with E-state index in [1.807, 2.05) is 31.2 Å². The highest BCUT2D eigenvalue weighted by atomic mass is 32.2. The number of ether oxygens (including phenoxy) is 1. The van der Waals surface area contributed by atoms with E-state index in [-0.39, 0.29) is 24.3 Å². The molecule has 7 heteroatoms. The van der Waals surface area contributed by atoms with Gasteiger partial charge in [0.2, 0.25) is 10.0 Å². The van der Waals surface area contributed by atoms with Gasteiger partial charge >= 0.3 is 0 Å². The van der Waals surface area contributed by atoms with Gasteiger partial charge in [-0.2, -0.15) is 0 Å². The van der Waals surface area contributed by atoms with Crippen molar-refractivity contribution in [3.63, 3.8) is 0 Å². The lowest BCUT2D eigenvalue weighted by atomic mass is 10.1. The van der Waals surface area contributed by atoms with Crippen molar-refractivity contribution in [3.8, 4) is 5.75 Å². The Labute approximate surface area is 157 Å². The maximum atomic E-state index is 12.4. The van der Waals surface area contributed by atoms with E-state index in [0.717, 1.165) is 24.2 Å². The second-order valence-corrected chi connectivity index (χ2v) is 8.57. The third kappa shape index (κ3) is 6.29. The molecule has 6 nitrogen and oxygen atoms in total. The van der Waals surface area contributed by atoms with Gasteiger partial charge in [0.1, 0.15) is 5.75 Å². The highest BCUT2D eigenvalue weighted by Gasteiger charge is 2.25. The number of likely N-dealkylation sites (tertiary alicyclic amines) is 1. The molecule has 0 spiro atoms. The molecule has 146 valence electrons. The first-order valence-corrected chi connectivity index (χ1v) is 11.1. The molecule has 1 saturated heterocycles. The summed E-state index contributed by atoms with van der Waals surface area (Å²) >= 11 is 0. The number of nitrogens with zero attached hydrogens (tertiary/aromatic N) is 1. The molecule has 2 rings (SSSR count). The number of rotatable bonds is 9. The molecule has 1 aromatic rings. The summed E-state index contributed by atoms with van der Waals surface area (Å²) in [7, 11) is -3.21. The molecular formula is C19H30N2O4S. The number of hydrogen-bond donors (Lipinski definition) is 1. The standard InChI is InChI=1S/C19H30N2O4S/c1-3-5-14-26(23,24)20-17-10-12-21(13-11-17)19(22)15-25-18-9-7-6-8-16(18)4-2/h6-9,17,20H,3-5,10-15H2,1-2H3. The summed E-state index contributed by atoms with van der Waals surface area (Å²) in [6.07, 6.45) is 3.66. The number of para-hydroxylation sites is 1. The van der Waals surface area contributed by atoms with Crippen LogP contribution < -0.4 is 9.46 Å². The molecular weight excluding hydrogens is 352 g/mol. The quantitative estimate of drug-likeness (QED) is 0.711. The van der Waals surface area contributed by atoms with Crippen molar-refractivity contribution in [1.82, 2.24) is 9.62 Å². The van der Waals surface area contributed by atoms with Gasteiger partial charge in [0.25, 0.3) is 5.91 Å². The lowest BCUT2D eigenvalue weighted by Crippen LogP contribution is -2.48. The van der Waals surface area contributed by atoms with Gasteiger partial charge in [0.15, 0.2) is 6.61 Å². The lowest BCUT2D eigenvalue weighted by Gasteiger charge is -2.32. The zero-order valence-corrected chi connectivity index (χ0v) is 16.6. The molecule has 0 aromatic heterocycles. The van der Waals surface area contributed by atoms with Crippen molar-refractivity contribution in [3.05, 3.63) is 29.8 Å². The molecule has 0 aliphatic carbocycles. The number of unbranched alkanes of at least 4 members (excludes halogenated alkanes) is 1. The first kappa shape index (κ1) is 20.7. The topological polar surface area (TPSA) is 75.7 Å². The Morgan fingerprint density at radius 3 is 2.58 bits per heavy atom. The minimum atomic E-state index is -3.21. The number of nitrogens with one attached hydrogen (secondary N) is 1. The number of carbonyl (C=O) groups is 1. The minimum Gasteiger partial charge on any atom is -0.483 e. The fourth-order valence-electron chi connectivity index (χ4n) is 3.06. The average molecular weight is 383 g/mol. The van der Waals surface area contributed by atoms with Gasteiger partial charge in [-0.05, 0) is 37.3 Å². The van der Waals surface area contributed by atoms with E-state index in [2.05, 4.69) is 11.6 Å². The highest BCUT2D eigenvalue weighted by Crippen LogP contribution is 2.19. The average Bonchev–Trinajstić information content (AvgIpc) is 2.65. The SMILES string of the molecule is CCCCS(=O)(=O)NC1CCN(C(=O)COc2ccccc2CC)CC1. The zero-order valence-electron chi connectivity index (χ0n) is 15.7.